The van der Waals surface area contributed by atoms with E-state index in [0.29, 0.717) is 18.8 Å². The monoisotopic (exact) mass is 236 g/mol. The molecule has 2 heterocycles. The molecule has 0 aliphatic carbocycles. The van der Waals surface area contributed by atoms with Gasteiger partial charge in [0.1, 0.15) is 11.7 Å². The molecule has 1 radical (unpaired) electrons. The molecular formula is C10H14N5O2. The van der Waals surface area contributed by atoms with Crippen LogP contribution in [0.5, 0.6) is 0 Å². The second-order valence-corrected chi connectivity index (χ2v) is 4.00. The van der Waals surface area contributed by atoms with E-state index < -0.39 is 11.9 Å². The fourth-order valence-corrected chi connectivity index (χ4v) is 1.74. The number of hydrogen-bond donors (Lipinski definition) is 1. The zero-order valence-corrected chi connectivity index (χ0v) is 9.54. The molecule has 0 saturated carbocycles. The number of carbonyl (C=O) groups is 2. The van der Waals surface area contributed by atoms with Gasteiger partial charge < -0.3 is 15.2 Å². The average molecular weight is 236 g/mol. The Morgan fingerprint density at radius 2 is 2.29 bits per heavy atom. The third kappa shape index (κ3) is 2.44. The molecule has 0 bridgehead atoms. The van der Waals surface area contributed by atoms with Gasteiger partial charge in [-0.05, 0) is 0 Å². The maximum Gasteiger partial charge on any atom is 0.274 e. The first-order valence-corrected chi connectivity index (χ1v) is 5.31. The quantitative estimate of drug-likeness (QED) is 0.665. The first-order chi connectivity index (χ1) is 8.08. The molecule has 1 saturated heterocycles. The van der Waals surface area contributed by atoms with Crippen LogP contribution >= 0.6 is 0 Å². The SMILES string of the molecule is Cn1cnc(C(=O)N2CC[N]C(C(N)=O)C2)c1. The van der Waals surface area contributed by atoms with E-state index in [4.69, 9.17) is 5.73 Å². The van der Waals surface area contributed by atoms with Gasteiger partial charge in [0.2, 0.25) is 5.91 Å². The van der Waals surface area contributed by atoms with E-state index in [2.05, 4.69) is 10.3 Å². The van der Waals surface area contributed by atoms with Gasteiger partial charge in [0.15, 0.2) is 0 Å². The van der Waals surface area contributed by atoms with Crippen molar-refractivity contribution in [1.29, 1.82) is 0 Å². The van der Waals surface area contributed by atoms with Gasteiger partial charge in [-0.3, -0.25) is 9.59 Å². The Morgan fingerprint density at radius 3 is 2.88 bits per heavy atom. The highest BCUT2D eigenvalue weighted by atomic mass is 16.2. The van der Waals surface area contributed by atoms with Crippen molar-refractivity contribution in [2.45, 2.75) is 6.04 Å². The molecule has 91 valence electrons. The zero-order valence-electron chi connectivity index (χ0n) is 9.54. The number of aryl methyl sites for hydroxylation is 1. The first kappa shape index (κ1) is 11.6. The van der Waals surface area contributed by atoms with Crippen LogP contribution in [-0.4, -0.2) is 51.9 Å². The fourth-order valence-electron chi connectivity index (χ4n) is 1.74. The molecule has 7 heteroatoms. The van der Waals surface area contributed by atoms with Gasteiger partial charge in [0, 0.05) is 32.9 Å². The maximum absolute atomic E-state index is 12.0. The Kier molecular flexibility index (Phi) is 3.10. The lowest BCUT2D eigenvalue weighted by Crippen LogP contribution is -2.54. The maximum atomic E-state index is 12.0. The van der Waals surface area contributed by atoms with Crippen molar-refractivity contribution in [3.05, 3.63) is 18.2 Å². The average Bonchev–Trinajstić information content (AvgIpc) is 2.75. The van der Waals surface area contributed by atoms with E-state index >= 15 is 0 Å². The number of primary amides is 1. The van der Waals surface area contributed by atoms with Gasteiger partial charge in [-0.1, -0.05) is 0 Å². The number of imidazole rings is 1. The number of piperazine rings is 1. The summed E-state index contributed by atoms with van der Waals surface area (Å²) >= 11 is 0. The van der Waals surface area contributed by atoms with Gasteiger partial charge in [0.25, 0.3) is 5.91 Å². The van der Waals surface area contributed by atoms with Crippen LogP contribution in [0, 0.1) is 0 Å². The first-order valence-electron chi connectivity index (χ1n) is 5.31. The Bertz CT molecular complexity index is 442. The molecule has 1 aliphatic heterocycles. The summed E-state index contributed by atoms with van der Waals surface area (Å²) < 4.78 is 1.70. The lowest BCUT2D eigenvalue weighted by atomic mass is 10.2. The van der Waals surface area contributed by atoms with Gasteiger partial charge in [-0.25, -0.2) is 10.3 Å². The van der Waals surface area contributed by atoms with Crippen LogP contribution in [0.2, 0.25) is 0 Å². The summed E-state index contributed by atoms with van der Waals surface area (Å²) in [5.74, 6) is -0.685. The number of nitrogens with two attached hydrogens (primary N) is 1. The van der Waals surface area contributed by atoms with Crippen LogP contribution < -0.4 is 11.1 Å². The predicted molar refractivity (Wildman–Crippen MR) is 59.1 cm³/mol. The van der Waals surface area contributed by atoms with Crippen molar-refractivity contribution in [1.82, 2.24) is 19.8 Å². The van der Waals surface area contributed by atoms with Gasteiger partial charge in [0.05, 0.1) is 6.33 Å². The number of carbonyl (C=O) groups excluding carboxylic acids is 2. The molecule has 1 aromatic rings. The number of hydrogen-bond acceptors (Lipinski definition) is 3. The highest BCUT2D eigenvalue weighted by molar-refractivity contribution is 5.93. The third-order valence-electron chi connectivity index (χ3n) is 2.65. The molecule has 0 spiro atoms. The standard InChI is InChI=1S/C10H14N5O2/c1-14-4-8(13-6-14)10(17)15-3-2-12-7(5-15)9(11)16/h4,6-7H,2-3,5H2,1H3,(H2,11,16). The predicted octanol–water partition coefficient (Wildman–Crippen LogP) is -1.67. The minimum absolute atomic E-state index is 0.188. The van der Waals surface area contributed by atoms with E-state index in [9.17, 15) is 9.59 Å². The smallest absolute Gasteiger partial charge is 0.274 e. The lowest BCUT2D eigenvalue weighted by molar-refractivity contribution is -0.120. The summed E-state index contributed by atoms with van der Waals surface area (Å²) in [7, 11) is 1.79. The third-order valence-corrected chi connectivity index (χ3v) is 2.65. The van der Waals surface area contributed by atoms with Crippen molar-refractivity contribution >= 4 is 11.8 Å². The molecule has 0 aromatic carbocycles. The van der Waals surface area contributed by atoms with Gasteiger partial charge in [-0.15, -0.1) is 0 Å². The van der Waals surface area contributed by atoms with Crippen molar-refractivity contribution in [3.8, 4) is 0 Å². The van der Waals surface area contributed by atoms with Crippen molar-refractivity contribution in [2.75, 3.05) is 19.6 Å². The Labute approximate surface area is 98.6 Å². The Morgan fingerprint density at radius 1 is 1.53 bits per heavy atom. The molecule has 2 rings (SSSR count). The molecule has 1 fully saturated rings. The van der Waals surface area contributed by atoms with Gasteiger partial charge in [-0.2, -0.15) is 0 Å². The minimum Gasteiger partial charge on any atom is -0.368 e. The van der Waals surface area contributed by atoms with Crippen molar-refractivity contribution in [2.24, 2.45) is 12.8 Å². The summed E-state index contributed by atoms with van der Waals surface area (Å²) in [6.45, 7) is 1.18. The molecule has 1 atom stereocenters. The Hall–Kier alpha value is -1.89. The molecular weight excluding hydrogens is 222 g/mol. The van der Waals surface area contributed by atoms with E-state index in [1.54, 1.807) is 29.0 Å². The topological polar surface area (TPSA) is 95.3 Å². The number of amides is 2. The second-order valence-electron chi connectivity index (χ2n) is 4.00. The van der Waals surface area contributed by atoms with Crippen LogP contribution in [0.15, 0.2) is 12.5 Å². The highest BCUT2D eigenvalue weighted by Gasteiger charge is 2.28. The summed E-state index contributed by atoms with van der Waals surface area (Å²) in [4.78, 5) is 28.6. The summed E-state index contributed by atoms with van der Waals surface area (Å²) in [5, 5.41) is 4.07. The Balaban J connectivity index is 2.07. The number of nitrogens with zero attached hydrogens (tertiary/aromatic N) is 4. The van der Waals surface area contributed by atoms with E-state index in [-0.39, 0.29) is 12.5 Å². The molecule has 2 N–H and O–H groups in total. The van der Waals surface area contributed by atoms with Crippen LogP contribution in [0.25, 0.3) is 0 Å². The second kappa shape index (κ2) is 4.54. The van der Waals surface area contributed by atoms with Crippen LogP contribution in [0.3, 0.4) is 0 Å². The van der Waals surface area contributed by atoms with E-state index in [1.165, 1.54) is 0 Å². The molecule has 1 aliphatic rings. The number of aromatic nitrogens is 2. The highest BCUT2D eigenvalue weighted by Crippen LogP contribution is 2.06. The lowest BCUT2D eigenvalue weighted by Gasteiger charge is -2.30. The molecule has 7 nitrogen and oxygen atoms in total. The van der Waals surface area contributed by atoms with Crippen LogP contribution in [-0.2, 0) is 11.8 Å². The fraction of sp³-hybridized carbons (Fsp3) is 0.500. The van der Waals surface area contributed by atoms with Gasteiger partial charge >= 0.3 is 0 Å². The van der Waals surface area contributed by atoms with E-state index in [1.807, 2.05) is 0 Å². The molecule has 17 heavy (non-hydrogen) atoms. The normalized spacial score (nSPS) is 20.3. The molecule has 2 amide bonds. The van der Waals surface area contributed by atoms with Crippen molar-refractivity contribution in [3.63, 3.8) is 0 Å². The molecule has 1 unspecified atom stereocenters. The van der Waals surface area contributed by atoms with Crippen molar-refractivity contribution < 1.29 is 9.59 Å². The largest absolute Gasteiger partial charge is 0.368 e. The molecule has 1 aromatic heterocycles. The zero-order chi connectivity index (χ0) is 12.4. The summed E-state index contributed by atoms with van der Waals surface area (Å²) in [6, 6.07) is -0.601. The summed E-state index contributed by atoms with van der Waals surface area (Å²) in [5.41, 5.74) is 5.55. The van der Waals surface area contributed by atoms with Crippen LogP contribution in [0.1, 0.15) is 10.5 Å². The number of rotatable bonds is 2. The van der Waals surface area contributed by atoms with E-state index in [0.717, 1.165) is 0 Å². The summed E-state index contributed by atoms with van der Waals surface area (Å²) in [6.07, 6.45) is 3.21. The van der Waals surface area contributed by atoms with Crippen LogP contribution in [0.4, 0.5) is 0 Å². The minimum atomic E-state index is -0.601.